The first-order valence-corrected chi connectivity index (χ1v) is 5.23. The predicted octanol–water partition coefficient (Wildman–Crippen LogP) is 3.45. The Morgan fingerprint density at radius 2 is 2.06 bits per heavy atom. The molecule has 0 fully saturated rings. The smallest absolute Gasteiger partial charge is 0.150 e. The maximum absolute atomic E-state index is 10.7. The van der Waals surface area contributed by atoms with Crippen molar-refractivity contribution in [3.8, 4) is 5.75 Å². The van der Waals surface area contributed by atoms with Crippen molar-refractivity contribution in [2.75, 3.05) is 6.61 Å². The van der Waals surface area contributed by atoms with Gasteiger partial charge in [0, 0.05) is 11.1 Å². The van der Waals surface area contributed by atoms with Crippen molar-refractivity contribution in [3.63, 3.8) is 0 Å². The van der Waals surface area contributed by atoms with E-state index < -0.39 is 0 Å². The first-order valence-electron chi connectivity index (χ1n) is 4.85. The van der Waals surface area contributed by atoms with E-state index in [9.17, 15) is 4.79 Å². The van der Waals surface area contributed by atoms with Gasteiger partial charge >= 0.3 is 0 Å². The van der Waals surface area contributed by atoms with Crippen LogP contribution in [0.4, 0.5) is 0 Å². The van der Waals surface area contributed by atoms with E-state index in [-0.39, 0.29) is 0 Å². The fourth-order valence-electron chi connectivity index (χ4n) is 1.35. The van der Waals surface area contributed by atoms with Gasteiger partial charge in [-0.05, 0) is 18.6 Å². The van der Waals surface area contributed by atoms with E-state index in [0.29, 0.717) is 29.4 Å². The molecule has 0 saturated carbocycles. The Morgan fingerprint density at radius 1 is 1.31 bits per heavy atom. The highest BCUT2D eigenvalue weighted by Gasteiger charge is 2.09. The molecule has 0 aliphatic carbocycles. The van der Waals surface area contributed by atoms with Crippen LogP contribution in [0.25, 0.3) is 0 Å². The molecule has 0 aliphatic rings. The number of hydrogen-bond donors (Lipinski definition) is 0. The Hall–Kier alpha value is -1.54. The van der Waals surface area contributed by atoms with Crippen molar-refractivity contribution >= 4 is 17.9 Å². The summed E-state index contributed by atoms with van der Waals surface area (Å²) >= 11 is 6.03. The quantitative estimate of drug-likeness (QED) is 0.559. The Bertz CT molecular complexity index is 411. The SMILES string of the molecule is C=CCOc1c(Cl)cc(C=O)cc1CC=C. The Balaban J connectivity index is 3.15. The third-order valence-corrected chi connectivity index (χ3v) is 2.27. The van der Waals surface area contributed by atoms with E-state index in [0.717, 1.165) is 11.8 Å². The molecule has 84 valence electrons. The van der Waals surface area contributed by atoms with Crippen LogP contribution in [0, 0.1) is 0 Å². The highest BCUT2D eigenvalue weighted by molar-refractivity contribution is 6.32. The summed E-state index contributed by atoms with van der Waals surface area (Å²) in [5.74, 6) is 0.590. The number of carbonyl (C=O) groups is 1. The van der Waals surface area contributed by atoms with Gasteiger partial charge in [-0.25, -0.2) is 0 Å². The molecule has 0 radical (unpaired) electrons. The second-order valence-electron chi connectivity index (χ2n) is 3.20. The Morgan fingerprint density at radius 3 is 2.62 bits per heavy atom. The van der Waals surface area contributed by atoms with Crippen LogP contribution >= 0.6 is 11.6 Å². The molecule has 1 rings (SSSR count). The predicted molar refractivity (Wildman–Crippen MR) is 66.4 cm³/mol. The highest BCUT2D eigenvalue weighted by Crippen LogP contribution is 2.30. The van der Waals surface area contributed by atoms with E-state index in [2.05, 4.69) is 13.2 Å². The molecular formula is C13H13ClO2. The Kier molecular flexibility index (Phi) is 4.80. The molecule has 0 amide bonds. The van der Waals surface area contributed by atoms with Gasteiger partial charge in [0.05, 0.1) is 5.02 Å². The number of ether oxygens (including phenoxy) is 1. The second-order valence-corrected chi connectivity index (χ2v) is 3.61. The van der Waals surface area contributed by atoms with Crippen LogP contribution < -0.4 is 4.74 Å². The van der Waals surface area contributed by atoms with Gasteiger partial charge in [0.25, 0.3) is 0 Å². The summed E-state index contributed by atoms with van der Waals surface area (Å²) in [4.78, 5) is 10.7. The minimum Gasteiger partial charge on any atom is -0.488 e. The summed E-state index contributed by atoms with van der Waals surface area (Å²) in [7, 11) is 0. The van der Waals surface area contributed by atoms with Gasteiger partial charge in [-0.1, -0.05) is 30.3 Å². The van der Waals surface area contributed by atoms with E-state index in [1.54, 1.807) is 24.3 Å². The molecule has 16 heavy (non-hydrogen) atoms. The van der Waals surface area contributed by atoms with Crippen molar-refractivity contribution < 1.29 is 9.53 Å². The number of carbonyl (C=O) groups excluding carboxylic acids is 1. The minimum atomic E-state index is 0.379. The van der Waals surface area contributed by atoms with Crippen molar-refractivity contribution in [2.24, 2.45) is 0 Å². The van der Waals surface area contributed by atoms with Gasteiger partial charge in [0.15, 0.2) is 0 Å². The monoisotopic (exact) mass is 236 g/mol. The Labute approximate surface area is 100 Å². The first kappa shape index (κ1) is 12.5. The molecule has 0 saturated heterocycles. The van der Waals surface area contributed by atoms with Crippen LogP contribution in [0.1, 0.15) is 15.9 Å². The summed E-state index contributed by atoms with van der Waals surface area (Å²) in [6.45, 7) is 7.61. The maximum Gasteiger partial charge on any atom is 0.150 e. The van der Waals surface area contributed by atoms with Crippen LogP contribution in [-0.2, 0) is 6.42 Å². The summed E-state index contributed by atoms with van der Waals surface area (Å²) in [6.07, 6.45) is 4.74. The molecule has 0 bridgehead atoms. The molecule has 1 aromatic rings. The van der Waals surface area contributed by atoms with Gasteiger partial charge in [-0.3, -0.25) is 4.79 Å². The lowest BCUT2D eigenvalue weighted by molar-refractivity contribution is 0.112. The highest BCUT2D eigenvalue weighted by atomic mass is 35.5. The molecule has 1 aromatic carbocycles. The first-order chi connectivity index (χ1) is 7.72. The number of hydrogen-bond acceptors (Lipinski definition) is 2. The summed E-state index contributed by atoms with van der Waals surface area (Å²) in [5.41, 5.74) is 1.39. The summed E-state index contributed by atoms with van der Waals surface area (Å²) in [5, 5.41) is 0.434. The molecule has 0 spiro atoms. The third-order valence-electron chi connectivity index (χ3n) is 1.99. The molecule has 2 nitrogen and oxygen atoms in total. The fraction of sp³-hybridized carbons (Fsp3) is 0.154. The number of halogens is 1. The van der Waals surface area contributed by atoms with Crippen LogP contribution in [0.5, 0.6) is 5.75 Å². The zero-order valence-corrected chi connectivity index (χ0v) is 9.67. The van der Waals surface area contributed by atoms with Gasteiger partial charge in [-0.15, -0.1) is 6.58 Å². The van der Waals surface area contributed by atoms with E-state index in [4.69, 9.17) is 16.3 Å². The van der Waals surface area contributed by atoms with Crippen LogP contribution in [0.2, 0.25) is 5.02 Å². The summed E-state index contributed by atoms with van der Waals surface area (Å²) in [6, 6.07) is 3.33. The number of rotatable bonds is 6. The normalized spacial score (nSPS) is 9.56. The molecule has 0 atom stereocenters. The molecule has 3 heteroatoms. The topological polar surface area (TPSA) is 26.3 Å². The van der Waals surface area contributed by atoms with Crippen molar-refractivity contribution in [1.82, 2.24) is 0 Å². The van der Waals surface area contributed by atoms with E-state index in [1.807, 2.05) is 0 Å². The van der Waals surface area contributed by atoms with Gasteiger partial charge in [-0.2, -0.15) is 0 Å². The average Bonchev–Trinajstić information content (AvgIpc) is 2.28. The molecular weight excluding hydrogens is 224 g/mol. The van der Waals surface area contributed by atoms with Gasteiger partial charge in [0.2, 0.25) is 0 Å². The van der Waals surface area contributed by atoms with Crippen LogP contribution in [0.3, 0.4) is 0 Å². The molecule has 0 heterocycles. The van der Waals surface area contributed by atoms with Crippen LogP contribution in [0.15, 0.2) is 37.4 Å². The molecule has 0 aliphatic heterocycles. The lowest BCUT2D eigenvalue weighted by atomic mass is 10.1. The largest absolute Gasteiger partial charge is 0.488 e. The van der Waals surface area contributed by atoms with Crippen LogP contribution in [-0.4, -0.2) is 12.9 Å². The van der Waals surface area contributed by atoms with Crippen molar-refractivity contribution in [2.45, 2.75) is 6.42 Å². The lowest BCUT2D eigenvalue weighted by Crippen LogP contribution is -1.99. The van der Waals surface area contributed by atoms with E-state index in [1.165, 1.54) is 0 Å². The summed E-state index contributed by atoms with van der Waals surface area (Å²) < 4.78 is 5.46. The fourth-order valence-corrected chi connectivity index (χ4v) is 1.65. The lowest BCUT2D eigenvalue weighted by Gasteiger charge is -2.11. The number of benzene rings is 1. The second kappa shape index (κ2) is 6.13. The van der Waals surface area contributed by atoms with Gasteiger partial charge in [0.1, 0.15) is 18.6 Å². The minimum absolute atomic E-state index is 0.379. The standard InChI is InChI=1S/C13H13ClO2/c1-3-5-11-7-10(9-15)8-12(14)13(11)16-6-4-2/h3-4,7-9H,1-2,5-6H2. The van der Waals surface area contributed by atoms with Gasteiger partial charge < -0.3 is 4.74 Å². The maximum atomic E-state index is 10.7. The van der Waals surface area contributed by atoms with Crippen molar-refractivity contribution in [1.29, 1.82) is 0 Å². The average molecular weight is 237 g/mol. The van der Waals surface area contributed by atoms with Crippen molar-refractivity contribution in [3.05, 3.63) is 53.6 Å². The molecule has 0 unspecified atom stereocenters. The van der Waals surface area contributed by atoms with E-state index >= 15 is 0 Å². The zero-order chi connectivity index (χ0) is 12.0. The molecule has 0 N–H and O–H groups in total. The zero-order valence-electron chi connectivity index (χ0n) is 8.91. The third kappa shape index (κ3) is 2.97. The number of aldehydes is 1. The number of allylic oxidation sites excluding steroid dienone is 1. The molecule has 0 aromatic heterocycles.